The van der Waals surface area contributed by atoms with Gasteiger partial charge >= 0.3 is 5.69 Å². The van der Waals surface area contributed by atoms with Crippen LogP contribution in [0.1, 0.15) is 31.7 Å². The fraction of sp³-hybridized carbons (Fsp3) is 0.643. The Bertz CT molecular complexity index is 767. The first kappa shape index (κ1) is 13.3. The maximum Gasteiger partial charge on any atom is 0.330 e. The number of halogens is 1. The molecule has 21 heavy (non-hydrogen) atoms. The van der Waals surface area contributed by atoms with Crippen LogP contribution >= 0.6 is 11.6 Å². The minimum Gasteiger partial charge on any atom is -0.396 e. The van der Waals surface area contributed by atoms with Crippen molar-refractivity contribution >= 4 is 22.8 Å². The smallest absolute Gasteiger partial charge is 0.330 e. The molecule has 2 fully saturated rings. The SMILES string of the molecule is Cn1c(=O)n(C2CC3(CC(CO)C3)C2)c2nc(Cl)ncc21. The number of rotatable bonds is 2. The zero-order chi connectivity index (χ0) is 14.8. The van der Waals surface area contributed by atoms with Gasteiger partial charge < -0.3 is 5.11 Å². The van der Waals surface area contributed by atoms with E-state index < -0.39 is 0 Å². The Kier molecular flexibility index (Phi) is 2.72. The standard InChI is InChI=1S/C14H17ClN4O2/c1-18-10-6-16-12(15)17-11(10)19(13(18)21)9-4-14(5-9)2-8(3-14)7-20/h6,8-9,20H,2-5,7H2,1H3. The van der Waals surface area contributed by atoms with Gasteiger partial charge in [0.15, 0.2) is 5.65 Å². The Hall–Kier alpha value is -1.40. The number of aliphatic hydroxyl groups is 1. The third kappa shape index (κ3) is 1.78. The van der Waals surface area contributed by atoms with Gasteiger partial charge in [0, 0.05) is 19.7 Å². The zero-order valence-electron chi connectivity index (χ0n) is 11.8. The molecule has 0 saturated heterocycles. The van der Waals surface area contributed by atoms with E-state index in [1.54, 1.807) is 22.4 Å². The van der Waals surface area contributed by atoms with Crippen LogP contribution in [0.25, 0.3) is 11.2 Å². The Balaban J connectivity index is 1.68. The summed E-state index contributed by atoms with van der Waals surface area (Å²) < 4.78 is 3.34. The van der Waals surface area contributed by atoms with E-state index in [0.717, 1.165) is 25.7 Å². The lowest BCUT2D eigenvalue weighted by atomic mass is 9.50. The lowest BCUT2D eigenvalue weighted by Gasteiger charge is -2.57. The molecule has 0 unspecified atom stereocenters. The van der Waals surface area contributed by atoms with E-state index in [2.05, 4.69) is 9.97 Å². The van der Waals surface area contributed by atoms with Gasteiger partial charge in [-0.2, -0.15) is 4.98 Å². The molecule has 2 heterocycles. The van der Waals surface area contributed by atoms with Crippen molar-refractivity contribution in [3.8, 4) is 0 Å². The van der Waals surface area contributed by atoms with Crippen LogP contribution in [-0.2, 0) is 7.05 Å². The Labute approximate surface area is 126 Å². The number of imidazole rings is 1. The second-order valence-electron chi connectivity index (χ2n) is 6.58. The van der Waals surface area contributed by atoms with Crippen molar-refractivity contribution < 1.29 is 5.11 Å². The Morgan fingerprint density at radius 2 is 2.14 bits per heavy atom. The Morgan fingerprint density at radius 1 is 1.43 bits per heavy atom. The number of hydrogen-bond acceptors (Lipinski definition) is 4. The normalized spacial score (nSPS) is 31.4. The fourth-order valence-corrected chi connectivity index (χ4v) is 4.32. The average molecular weight is 309 g/mol. The van der Waals surface area contributed by atoms with Crippen molar-refractivity contribution in [1.29, 1.82) is 0 Å². The number of aryl methyl sites for hydroxylation is 1. The number of fused-ring (bicyclic) bond motifs is 1. The van der Waals surface area contributed by atoms with Crippen molar-refractivity contribution in [3.05, 3.63) is 22.0 Å². The summed E-state index contributed by atoms with van der Waals surface area (Å²) >= 11 is 5.88. The first-order valence-electron chi connectivity index (χ1n) is 7.23. The predicted octanol–water partition coefficient (Wildman–Crippen LogP) is 1.51. The molecule has 2 aliphatic carbocycles. The summed E-state index contributed by atoms with van der Waals surface area (Å²) in [6.45, 7) is 0.281. The molecule has 2 aromatic heterocycles. The number of aromatic nitrogens is 4. The van der Waals surface area contributed by atoms with Gasteiger partial charge in [-0.05, 0) is 48.6 Å². The molecule has 0 atom stereocenters. The quantitative estimate of drug-likeness (QED) is 0.854. The maximum absolute atomic E-state index is 12.4. The van der Waals surface area contributed by atoms with Gasteiger partial charge in [0.1, 0.15) is 5.52 Å². The molecular formula is C14H17ClN4O2. The number of aliphatic hydroxyl groups excluding tert-OH is 1. The van der Waals surface area contributed by atoms with Gasteiger partial charge in [0.25, 0.3) is 0 Å². The van der Waals surface area contributed by atoms with Gasteiger partial charge in [0.05, 0.1) is 6.20 Å². The van der Waals surface area contributed by atoms with Crippen molar-refractivity contribution in [1.82, 2.24) is 19.1 Å². The summed E-state index contributed by atoms with van der Waals surface area (Å²) in [7, 11) is 1.73. The average Bonchev–Trinajstić information content (AvgIpc) is 2.60. The zero-order valence-corrected chi connectivity index (χ0v) is 12.5. The van der Waals surface area contributed by atoms with Crippen molar-refractivity contribution in [2.24, 2.45) is 18.4 Å². The number of hydrogen-bond donors (Lipinski definition) is 1. The lowest BCUT2D eigenvalue weighted by Crippen LogP contribution is -2.50. The fourth-order valence-electron chi connectivity index (χ4n) is 4.19. The molecule has 2 aromatic rings. The molecule has 2 aliphatic rings. The van der Waals surface area contributed by atoms with Crippen molar-refractivity contribution in [3.63, 3.8) is 0 Å². The monoisotopic (exact) mass is 308 g/mol. The molecule has 2 saturated carbocycles. The van der Waals surface area contributed by atoms with Crippen LogP contribution in [0, 0.1) is 11.3 Å². The highest BCUT2D eigenvalue weighted by Crippen LogP contribution is 2.62. The van der Waals surface area contributed by atoms with Gasteiger partial charge in [-0.3, -0.25) is 9.13 Å². The highest BCUT2D eigenvalue weighted by atomic mass is 35.5. The maximum atomic E-state index is 12.4. The summed E-state index contributed by atoms with van der Waals surface area (Å²) in [5.74, 6) is 0.451. The van der Waals surface area contributed by atoms with Crippen LogP contribution in [0.3, 0.4) is 0 Å². The largest absolute Gasteiger partial charge is 0.396 e. The van der Waals surface area contributed by atoms with Crippen molar-refractivity contribution in [2.45, 2.75) is 31.7 Å². The summed E-state index contributed by atoms with van der Waals surface area (Å²) in [5, 5.41) is 9.32. The first-order valence-corrected chi connectivity index (χ1v) is 7.61. The van der Waals surface area contributed by atoms with Crippen LogP contribution in [0.2, 0.25) is 5.28 Å². The van der Waals surface area contributed by atoms with E-state index in [0.29, 0.717) is 22.5 Å². The molecule has 4 rings (SSSR count). The minimum atomic E-state index is -0.0561. The van der Waals surface area contributed by atoms with E-state index in [1.807, 2.05) is 0 Å². The van der Waals surface area contributed by atoms with E-state index in [-0.39, 0.29) is 23.6 Å². The summed E-state index contributed by atoms with van der Waals surface area (Å²) in [6.07, 6.45) is 5.74. The lowest BCUT2D eigenvalue weighted by molar-refractivity contribution is -0.0773. The second-order valence-corrected chi connectivity index (χ2v) is 6.92. The van der Waals surface area contributed by atoms with Crippen LogP contribution in [0.15, 0.2) is 11.0 Å². The van der Waals surface area contributed by atoms with Gasteiger partial charge in [-0.1, -0.05) is 0 Å². The highest BCUT2D eigenvalue weighted by molar-refractivity contribution is 6.28. The summed E-state index contributed by atoms with van der Waals surface area (Å²) in [5.41, 5.74) is 1.63. The first-order chi connectivity index (χ1) is 10.0. The van der Waals surface area contributed by atoms with Crippen molar-refractivity contribution in [2.75, 3.05) is 6.61 Å². The van der Waals surface area contributed by atoms with Gasteiger partial charge in [0.2, 0.25) is 5.28 Å². The minimum absolute atomic E-state index is 0.0561. The number of nitrogens with zero attached hydrogens (tertiary/aromatic N) is 4. The van der Waals surface area contributed by atoms with Crippen LogP contribution < -0.4 is 5.69 Å². The van der Waals surface area contributed by atoms with Crippen LogP contribution in [-0.4, -0.2) is 30.8 Å². The molecule has 7 heteroatoms. The summed E-state index contributed by atoms with van der Waals surface area (Å²) in [4.78, 5) is 20.6. The second kappa shape index (κ2) is 4.30. The summed E-state index contributed by atoms with van der Waals surface area (Å²) in [6, 6.07) is 0.187. The van der Waals surface area contributed by atoms with Gasteiger partial charge in [-0.25, -0.2) is 9.78 Å². The topological polar surface area (TPSA) is 72.9 Å². The molecule has 6 nitrogen and oxygen atoms in total. The molecule has 1 N–H and O–H groups in total. The highest BCUT2D eigenvalue weighted by Gasteiger charge is 2.53. The van der Waals surface area contributed by atoms with E-state index in [9.17, 15) is 4.79 Å². The van der Waals surface area contributed by atoms with Crippen LogP contribution in [0.4, 0.5) is 0 Å². The third-order valence-corrected chi connectivity index (χ3v) is 5.39. The molecule has 1 spiro atoms. The van der Waals surface area contributed by atoms with E-state index in [4.69, 9.17) is 16.7 Å². The molecule has 112 valence electrons. The third-order valence-electron chi connectivity index (χ3n) is 5.21. The Morgan fingerprint density at radius 3 is 2.81 bits per heavy atom. The van der Waals surface area contributed by atoms with Crippen LogP contribution in [0.5, 0.6) is 0 Å². The predicted molar refractivity (Wildman–Crippen MR) is 78.3 cm³/mol. The molecule has 0 bridgehead atoms. The molecule has 0 amide bonds. The molecule has 0 aromatic carbocycles. The van der Waals surface area contributed by atoms with Gasteiger partial charge in [-0.15, -0.1) is 0 Å². The molecule has 0 radical (unpaired) electrons. The van der Waals surface area contributed by atoms with E-state index in [1.165, 1.54) is 0 Å². The van der Waals surface area contributed by atoms with E-state index >= 15 is 0 Å². The molecule has 0 aliphatic heterocycles. The molecular weight excluding hydrogens is 292 g/mol.